The summed E-state index contributed by atoms with van der Waals surface area (Å²) < 4.78 is 7.48. The molecule has 3 aromatic rings. The zero-order valence-electron chi connectivity index (χ0n) is 12.9. The lowest BCUT2D eigenvalue weighted by Crippen LogP contribution is -2.33. The molecule has 0 fully saturated rings. The van der Waals surface area contributed by atoms with E-state index in [-0.39, 0.29) is 18.2 Å². The van der Waals surface area contributed by atoms with Crippen LogP contribution < -0.4 is 10.6 Å². The molecule has 0 unspecified atom stereocenters. The van der Waals surface area contributed by atoms with Gasteiger partial charge in [0.05, 0.1) is 17.6 Å². The second-order valence-corrected chi connectivity index (χ2v) is 5.78. The average Bonchev–Trinajstić information content (AvgIpc) is 3.15. The van der Waals surface area contributed by atoms with Gasteiger partial charge in [0, 0.05) is 6.54 Å². The second kappa shape index (κ2) is 6.88. The van der Waals surface area contributed by atoms with Crippen LogP contribution in [0.3, 0.4) is 0 Å². The number of fused-ring (bicyclic) bond motifs is 1. The molecule has 8 heteroatoms. The zero-order valence-corrected chi connectivity index (χ0v) is 14.5. The van der Waals surface area contributed by atoms with Crippen LogP contribution in [0.25, 0.3) is 11.0 Å². The van der Waals surface area contributed by atoms with E-state index < -0.39 is 5.91 Å². The van der Waals surface area contributed by atoms with Gasteiger partial charge in [-0.3, -0.25) is 14.9 Å². The number of para-hydroxylation sites is 2. The maximum Gasteiger partial charge on any atom is 0.287 e. The Bertz CT molecular complexity index is 900. The summed E-state index contributed by atoms with van der Waals surface area (Å²) in [5.74, 6) is -0.229. The fourth-order valence-electron chi connectivity index (χ4n) is 2.34. The number of carbonyl (C=O) groups excluding carboxylic acids is 2. The summed E-state index contributed by atoms with van der Waals surface area (Å²) in [7, 11) is 0. The first-order valence-electron chi connectivity index (χ1n) is 7.37. The number of carbonyl (C=O) groups is 2. The van der Waals surface area contributed by atoms with E-state index >= 15 is 0 Å². The van der Waals surface area contributed by atoms with Crippen molar-refractivity contribution in [2.45, 2.75) is 13.5 Å². The number of benzene rings is 1. The van der Waals surface area contributed by atoms with Crippen molar-refractivity contribution >= 4 is 44.7 Å². The fourth-order valence-corrected chi connectivity index (χ4v) is 2.65. The molecule has 0 aliphatic rings. The van der Waals surface area contributed by atoms with Gasteiger partial charge in [-0.15, -0.1) is 0 Å². The smallest absolute Gasteiger partial charge is 0.287 e. The summed E-state index contributed by atoms with van der Waals surface area (Å²) in [4.78, 5) is 28.3. The lowest BCUT2D eigenvalue weighted by Gasteiger charge is -2.08. The van der Waals surface area contributed by atoms with E-state index in [9.17, 15) is 9.59 Å². The third kappa shape index (κ3) is 3.33. The minimum atomic E-state index is -0.458. The molecule has 2 N–H and O–H groups in total. The number of nitrogens with zero attached hydrogens (tertiary/aromatic N) is 2. The van der Waals surface area contributed by atoms with Gasteiger partial charge in [0.1, 0.15) is 0 Å². The quantitative estimate of drug-likeness (QED) is 0.700. The summed E-state index contributed by atoms with van der Waals surface area (Å²) in [6, 6.07) is 10.8. The van der Waals surface area contributed by atoms with Crippen LogP contribution in [0, 0.1) is 0 Å². The molecule has 124 valence electrons. The number of nitrogens with one attached hydrogen (secondary N) is 2. The van der Waals surface area contributed by atoms with Gasteiger partial charge < -0.3 is 14.3 Å². The van der Waals surface area contributed by atoms with Crippen molar-refractivity contribution < 1.29 is 14.0 Å². The van der Waals surface area contributed by atoms with Crippen LogP contribution in [0.5, 0.6) is 0 Å². The summed E-state index contributed by atoms with van der Waals surface area (Å²) in [5.41, 5.74) is 1.75. The Hall–Kier alpha value is -2.61. The number of hydrogen-bond acceptors (Lipinski definition) is 4. The summed E-state index contributed by atoms with van der Waals surface area (Å²) in [6.45, 7) is 2.47. The van der Waals surface area contributed by atoms with Crippen molar-refractivity contribution in [2.24, 2.45) is 0 Å². The average molecular weight is 391 g/mol. The molecule has 3 rings (SSSR count). The molecule has 0 atom stereocenters. The highest BCUT2D eigenvalue weighted by atomic mass is 79.9. The molecule has 2 heterocycles. The predicted molar refractivity (Wildman–Crippen MR) is 92.8 cm³/mol. The number of hydrogen-bond donors (Lipinski definition) is 2. The molecule has 0 aliphatic heterocycles. The first-order chi connectivity index (χ1) is 11.6. The van der Waals surface area contributed by atoms with E-state index in [1.807, 2.05) is 35.8 Å². The molecule has 24 heavy (non-hydrogen) atoms. The molecule has 2 amide bonds. The van der Waals surface area contributed by atoms with E-state index in [1.165, 1.54) is 6.07 Å². The van der Waals surface area contributed by atoms with E-state index in [0.717, 1.165) is 11.0 Å². The molecule has 0 bridgehead atoms. The van der Waals surface area contributed by atoms with Crippen molar-refractivity contribution in [2.75, 3.05) is 11.9 Å². The summed E-state index contributed by atoms with van der Waals surface area (Å²) in [6.07, 6.45) is 0. The number of aryl methyl sites for hydroxylation is 1. The number of aromatic nitrogens is 2. The molecule has 2 aromatic heterocycles. The Morgan fingerprint density at radius 1 is 1.25 bits per heavy atom. The van der Waals surface area contributed by atoms with Gasteiger partial charge in [0.25, 0.3) is 5.91 Å². The molecular weight excluding hydrogens is 376 g/mol. The number of imidazole rings is 1. The molecule has 0 spiro atoms. The van der Waals surface area contributed by atoms with Crippen molar-refractivity contribution in [3.8, 4) is 0 Å². The monoisotopic (exact) mass is 390 g/mol. The lowest BCUT2D eigenvalue weighted by atomic mass is 10.3. The van der Waals surface area contributed by atoms with Crippen LogP contribution in [-0.4, -0.2) is 27.9 Å². The van der Waals surface area contributed by atoms with Crippen LogP contribution in [0.15, 0.2) is 45.5 Å². The highest BCUT2D eigenvalue weighted by molar-refractivity contribution is 9.10. The molecule has 1 aromatic carbocycles. The largest absolute Gasteiger partial charge is 0.444 e. The topological polar surface area (TPSA) is 89.2 Å². The standard InChI is InChI=1S/C16H15BrN4O3/c1-2-21-11-6-4-3-5-10(11)19-16(21)20-14(22)9-18-15(23)12-7-8-13(17)24-12/h3-8H,2,9H2,1H3,(H,18,23)(H,19,20,22). The van der Waals surface area contributed by atoms with Crippen LogP contribution in [0.1, 0.15) is 17.5 Å². The number of amides is 2. The first kappa shape index (κ1) is 16.3. The Morgan fingerprint density at radius 2 is 2.04 bits per heavy atom. The SMILES string of the molecule is CCn1c(NC(=O)CNC(=O)c2ccc(Br)o2)nc2ccccc21. The van der Waals surface area contributed by atoms with Gasteiger partial charge in [0.2, 0.25) is 11.9 Å². The summed E-state index contributed by atoms with van der Waals surface area (Å²) in [5, 5.41) is 5.22. The van der Waals surface area contributed by atoms with Crippen LogP contribution in [0.2, 0.25) is 0 Å². The molecule has 0 radical (unpaired) electrons. The highest BCUT2D eigenvalue weighted by Gasteiger charge is 2.14. The maximum absolute atomic E-state index is 12.1. The Morgan fingerprint density at radius 3 is 2.75 bits per heavy atom. The van der Waals surface area contributed by atoms with E-state index in [1.54, 1.807) is 6.07 Å². The third-order valence-corrected chi connectivity index (χ3v) is 3.85. The first-order valence-corrected chi connectivity index (χ1v) is 8.16. The lowest BCUT2D eigenvalue weighted by molar-refractivity contribution is -0.115. The zero-order chi connectivity index (χ0) is 17.1. The Labute approximate surface area is 146 Å². The van der Waals surface area contributed by atoms with Crippen LogP contribution >= 0.6 is 15.9 Å². The predicted octanol–water partition coefficient (Wildman–Crippen LogP) is 2.78. The van der Waals surface area contributed by atoms with Gasteiger partial charge in [-0.25, -0.2) is 4.98 Å². The van der Waals surface area contributed by atoms with Gasteiger partial charge in [-0.1, -0.05) is 12.1 Å². The Balaban J connectivity index is 1.66. The van der Waals surface area contributed by atoms with Gasteiger partial charge in [0.15, 0.2) is 10.4 Å². The minimum Gasteiger partial charge on any atom is -0.444 e. The van der Waals surface area contributed by atoms with Crippen LogP contribution in [-0.2, 0) is 11.3 Å². The van der Waals surface area contributed by atoms with E-state index in [4.69, 9.17) is 4.42 Å². The normalized spacial score (nSPS) is 10.8. The van der Waals surface area contributed by atoms with Gasteiger partial charge in [-0.05, 0) is 47.1 Å². The maximum atomic E-state index is 12.1. The number of halogens is 1. The van der Waals surface area contributed by atoms with Crippen molar-refractivity contribution in [3.63, 3.8) is 0 Å². The fraction of sp³-hybridized carbons (Fsp3) is 0.188. The van der Waals surface area contributed by atoms with Crippen molar-refractivity contribution in [1.29, 1.82) is 0 Å². The van der Waals surface area contributed by atoms with Crippen molar-refractivity contribution in [3.05, 3.63) is 46.8 Å². The molecular formula is C16H15BrN4O3. The molecule has 0 saturated heterocycles. The number of rotatable bonds is 5. The number of anilines is 1. The number of furan rings is 1. The summed E-state index contributed by atoms with van der Waals surface area (Å²) >= 11 is 3.12. The Kier molecular flexibility index (Phi) is 4.66. The van der Waals surface area contributed by atoms with E-state index in [2.05, 4.69) is 31.5 Å². The highest BCUT2D eigenvalue weighted by Crippen LogP contribution is 2.19. The third-order valence-electron chi connectivity index (χ3n) is 3.43. The second-order valence-electron chi connectivity index (χ2n) is 5.00. The minimum absolute atomic E-state index is 0.135. The molecule has 0 aliphatic carbocycles. The molecule has 7 nitrogen and oxygen atoms in total. The van der Waals surface area contributed by atoms with Crippen molar-refractivity contribution in [1.82, 2.24) is 14.9 Å². The van der Waals surface area contributed by atoms with E-state index in [0.29, 0.717) is 17.2 Å². The molecule has 0 saturated carbocycles. The van der Waals surface area contributed by atoms with Crippen LogP contribution in [0.4, 0.5) is 5.95 Å². The van der Waals surface area contributed by atoms with Gasteiger partial charge in [-0.2, -0.15) is 0 Å². The van der Waals surface area contributed by atoms with Gasteiger partial charge >= 0.3 is 0 Å².